The lowest BCUT2D eigenvalue weighted by atomic mass is 9.94. The number of hydrogen-bond acceptors (Lipinski definition) is 1. The van der Waals surface area contributed by atoms with Crippen molar-refractivity contribution in [1.82, 2.24) is 0 Å². The SMILES string of the molecule is CCC[C@@H]1C/C=C\C[C@H](CC)CN1c1ccc2ccccc2c1. The Morgan fingerprint density at radius 3 is 2.52 bits per heavy atom. The molecule has 0 saturated heterocycles. The van der Waals surface area contributed by atoms with Crippen molar-refractivity contribution in [2.45, 2.75) is 52.0 Å². The van der Waals surface area contributed by atoms with Crippen LogP contribution >= 0.6 is 0 Å². The number of rotatable bonds is 4. The molecule has 2 atom stereocenters. The van der Waals surface area contributed by atoms with Gasteiger partial charge in [0, 0.05) is 18.3 Å². The monoisotopic (exact) mass is 307 g/mol. The highest BCUT2D eigenvalue weighted by Gasteiger charge is 2.22. The van der Waals surface area contributed by atoms with Gasteiger partial charge in [0.05, 0.1) is 0 Å². The van der Waals surface area contributed by atoms with E-state index < -0.39 is 0 Å². The maximum atomic E-state index is 2.69. The fraction of sp³-hybridized carbons (Fsp3) is 0.455. The minimum atomic E-state index is 0.631. The molecule has 2 aromatic carbocycles. The Morgan fingerprint density at radius 2 is 1.74 bits per heavy atom. The van der Waals surface area contributed by atoms with Gasteiger partial charge in [-0.1, -0.05) is 69.2 Å². The lowest BCUT2D eigenvalue weighted by molar-refractivity contribution is 0.444. The summed E-state index contributed by atoms with van der Waals surface area (Å²) in [7, 11) is 0. The highest BCUT2D eigenvalue weighted by atomic mass is 15.2. The van der Waals surface area contributed by atoms with Crippen molar-refractivity contribution in [1.29, 1.82) is 0 Å². The molecule has 0 fully saturated rings. The summed E-state index contributed by atoms with van der Waals surface area (Å²) in [6, 6.07) is 16.3. The van der Waals surface area contributed by atoms with E-state index in [4.69, 9.17) is 0 Å². The first kappa shape index (κ1) is 16.1. The maximum Gasteiger partial charge on any atom is 0.0375 e. The highest BCUT2D eigenvalue weighted by Crippen LogP contribution is 2.29. The average molecular weight is 307 g/mol. The van der Waals surface area contributed by atoms with Crippen LogP contribution < -0.4 is 4.90 Å². The molecule has 1 aliphatic heterocycles. The first-order chi connectivity index (χ1) is 11.3. The third-order valence-corrected chi connectivity index (χ3v) is 5.20. The first-order valence-corrected chi connectivity index (χ1v) is 9.22. The zero-order valence-electron chi connectivity index (χ0n) is 14.5. The van der Waals surface area contributed by atoms with Gasteiger partial charge in [0.1, 0.15) is 0 Å². The second kappa shape index (κ2) is 7.68. The minimum absolute atomic E-state index is 0.631. The molecule has 0 spiro atoms. The summed E-state index contributed by atoms with van der Waals surface area (Å²) < 4.78 is 0. The fourth-order valence-corrected chi connectivity index (χ4v) is 3.75. The summed E-state index contributed by atoms with van der Waals surface area (Å²) in [5.41, 5.74) is 1.40. The van der Waals surface area contributed by atoms with E-state index in [0.29, 0.717) is 6.04 Å². The number of allylic oxidation sites excluding steroid dienone is 1. The number of nitrogens with zero attached hydrogens (tertiary/aromatic N) is 1. The van der Waals surface area contributed by atoms with Crippen LogP contribution in [-0.2, 0) is 0 Å². The van der Waals surface area contributed by atoms with Gasteiger partial charge in [0.25, 0.3) is 0 Å². The second-order valence-electron chi connectivity index (χ2n) is 6.84. The van der Waals surface area contributed by atoms with Gasteiger partial charge in [0.2, 0.25) is 0 Å². The quantitative estimate of drug-likeness (QED) is 0.609. The molecule has 0 saturated carbocycles. The van der Waals surface area contributed by atoms with Gasteiger partial charge < -0.3 is 4.90 Å². The Balaban J connectivity index is 1.96. The summed E-state index contributed by atoms with van der Waals surface area (Å²) in [6.07, 6.45) is 11.0. The predicted molar refractivity (Wildman–Crippen MR) is 102 cm³/mol. The van der Waals surface area contributed by atoms with Crippen LogP contribution in [0.15, 0.2) is 54.6 Å². The molecule has 0 N–H and O–H groups in total. The first-order valence-electron chi connectivity index (χ1n) is 9.22. The third kappa shape index (κ3) is 3.77. The normalized spacial score (nSPS) is 23.5. The molecule has 122 valence electrons. The predicted octanol–water partition coefficient (Wildman–Crippen LogP) is 6.19. The molecule has 1 heterocycles. The molecular formula is C22H29N. The molecule has 1 heteroatoms. The molecule has 1 aliphatic rings. The molecular weight excluding hydrogens is 278 g/mol. The Kier molecular flexibility index (Phi) is 5.38. The molecule has 2 aromatic rings. The molecule has 0 aliphatic carbocycles. The van der Waals surface area contributed by atoms with Gasteiger partial charge >= 0.3 is 0 Å². The lowest BCUT2D eigenvalue weighted by Crippen LogP contribution is -2.39. The zero-order chi connectivity index (χ0) is 16.1. The van der Waals surface area contributed by atoms with E-state index in [-0.39, 0.29) is 0 Å². The smallest absolute Gasteiger partial charge is 0.0375 e. The van der Waals surface area contributed by atoms with E-state index in [1.54, 1.807) is 0 Å². The van der Waals surface area contributed by atoms with Gasteiger partial charge in [-0.25, -0.2) is 0 Å². The molecule has 3 rings (SSSR count). The van der Waals surface area contributed by atoms with Crippen molar-refractivity contribution in [3.05, 3.63) is 54.6 Å². The van der Waals surface area contributed by atoms with Crippen LogP contribution in [-0.4, -0.2) is 12.6 Å². The van der Waals surface area contributed by atoms with Gasteiger partial charge in [-0.15, -0.1) is 0 Å². The lowest BCUT2D eigenvalue weighted by Gasteiger charge is -2.37. The minimum Gasteiger partial charge on any atom is -0.368 e. The Labute approximate surface area is 141 Å². The van der Waals surface area contributed by atoms with Gasteiger partial charge in [0.15, 0.2) is 0 Å². The van der Waals surface area contributed by atoms with Crippen LogP contribution in [0.2, 0.25) is 0 Å². The van der Waals surface area contributed by atoms with Crippen molar-refractivity contribution >= 4 is 16.5 Å². The van der Waals surface area contributed by atoms with E-state index in [9.17, 15) is 0 Å². The molecule has 0 bridgehead atoms. The van der Waals surface area contributed by atoms with Gasteiger partial charge in [-0.3, -0.25) is 0 Å². The van der Waals surface area contributed by atoms with E-state index in [0.717, 1.165) is 5.92 Å². The largest absolute Gasteiger partial charge is 0.368 e. The van der Waals surface area contributed by atoms with Crippen LogP contribution in [0.1, 0.15) is 46.0 Å². The van der Waals surface area contributed by atoms with Crippen molar-refractivity contribution < 1.29 is 0 Å². The van der Waals surface area contributed by atoms with Gasteiger partial charge in [-0.2, -0.15) is 0 Å². The van der Waals surface area contributed by atoms with Crippen LogP contribution in [0.4, 0.5) is 5.69 Å². The average Bonchev–Trinajstić information content (AvgIpc) is 2.57. The molecule has 1 nitrogen and oxygen atoms in total. The van der Waals surface area contributed by atoms with Crippen LogP contribution in [0.5, 0.6) is 0 Å². The van der Waals surface area contributed by atoms with E-state index in [1.165, 1.54) is 55.1 Å². The molecule has 23 heavy (non-hydrogen) atoms. The summed E-state index contributed by atoms with van der Waals surface area (Å²) in [5.74, 6) is 0.761. The van der Waals surface area contributed by atoms with Crippen molar-refractivity contribution in [3.8, 4) is 0 Å². The van der Waals surface area contributed by atoms with E-state index >= 15 is 0 Å². The van der Waals surface area contributed by atoms with E-state index in [2.05, 4.69) is 73.4 Å². The molecule has 0 aromatic heterocycles. The van der Waals surface area contributed by atoms with Gasteiger partial charge in [-0.05, 0) is 48.1 Å². The van der Waals surface area contributed by atoms with Crippen LogP contribution in [0, 0.1) is 5.92 Å². The zero-order valence-corrected chi connectivity index (χ0v) is 14.5. The number of anilines is 1. The standard InChI is InChI=1S/C22H29N/c1-3-9-21-13-8-5-10-18(4-2)17-23(21)22-15-14-19-11-6-7-12-20(19)16-22/h5-8,11-12,14-16,18,21H,3-4,9-10,13,17H2,1-2H3/b8-5-/t18-,21+/m0/s1. The number of benzene rings is 2. The van der Waals surface area contributed by atoms with Crippen LogP contribution in [0.3, 0.4) is 0 Å². The summed E-state index contributed by atoms with van der Waals surface area (Å²) in [6.45, 7) is 5.82. The fourth-order valence-electron chi connectivity index (χ4n) is 3.75. The van der Waals surface area contributed by atoms with Crippen LogP contribution in [0.25, 0.3) is 10.8 Å². The third-order valence-electron chi connectivity index (χ3n) is 5.20. The maximum absolute atomic E-state index is 2.69. The van der Waals surface area contributed by atoms with Crippen molar-refractivity contribution in [2.24, 2.45) is 5.92 Å². The number of fused-ring (bicyclic) bond motifs is 1. The van der Waals surface area contributed by atoms with E-state index in [1.807, 2.05) is 0 Å². The molecule has 0 amide bonds. The van der Waals surface area contributed by atoms with Crippen molar-refractivity contribution in [2.75, 3.05) is 11.4 Å². The Hall–Kier alpha value is -1.76. The Morgan fingerprint density at radius 1 is 0.957 bits per heavy atom. The Bertz CT molecular complexity index is 658. The highest BCUT2D eigenvalue weighted by molar-refractivity contribution is 5.85. The summed E-state index contributed by atoms with van der Waals surface area (Å²) >= 11 is 0. The molecule has 0 unspecified atom stereocenters. The summed E-state index contributed by atoms with van der Waals surface area (Å²) in [5, 5.41) is 2.69. The topological polar surface area (TPSA) is 3.24 Å². The summed E-state index contributed by atoms with van der Waals surface area (Å²) in [4.78, 5) is 2.69. The second-order valence-corrected chi connectivity index (χ2v) is 6.84. The van der Waals surface area contributed by atoms with Crippen molar-refractivity contribution in [3.63, 3.8) is 0 Å². The number of hydrogen-bond donors (Lipinski definition) is 0. The molecule has 0 radical (unpaired) electrons.